The summed E-state index contributed by atoms with van der Waals surface area (Å²) in [5.41, 5.74) is 1.08. The summed E-state index contributed by atoms with van der Waals surface area (Å²) in [6, 6.07) is 0.354. The molecule has 0 amide bonds. The predicted octanol–water partition coefficient (Wildman–Crippen LogP) is 1.62. The van der Waals surface area contributed by atoms with Gasteiger partial charge in [0.1, 0.15) is 0 Å². The molecule has 0 bridgehead atoms. The Bertz CT molecular complexity index is 272. The summed E-state index contributed by atoms with van der Waals surface area (Å²) in [5.74, 6) is 0.762. The molecule has 1 unspecified atom stereocenters. The number of nitrogens with one attached hydrogen (secondary N) is 1. The van der Waals surface area contributed by atoms with Gasteiger partial charge in [0.2, 0.25) is 0 Å². The summed E-state index contributed by atoms with van der Waals surface area (Å²) in [7, 11) is 1.99. The third-order valence-corrected chi connectivity index (χ3v) is 3.49. The average Bonchev–Trinajstić information content (AvgIpc) is 2.81. The molecule has 2 heterocycles. The van der Waals surface area contributed by atoms with Gasteiger partial charge in [-0.15, -0.1) is 0 Å². The number of nitrogens with zero attached hydrogens (tertiary/aromatic N) is 2. The van der Waals surface area contributed by atoms with Crippen molar-refractivity contribution in [1.82, 2.24) is 14.1 Å². The number of ether oxygens (including phenoxy) is 1. The van der Waals surface area contributed by atoms with Gasteiger partial charge in [0.05, 0.1) is 29.7 Å². The molecule has 5 heteroatoms. The molecule has 1 aliphatic heterocycles. The van der Waals surface area contributed by atoms with Crippen molar-refractivity contribution in [1.29, 1.82) is 0 Å². The average molecular weight is 227 g/mol. The largest absolute Gasteiger partial charge is 0.381 e. The first-order valence-electron chi connectivity index (χ1n) is 5.42. The highest BCUT2D eigenvalue weighted by molar-refractivity contribution is 6.99. The zero-order chi connectivity index (χ0) is 10.5. The second-order valence-electron chi connectivity index (χ2n) is 3.97. The summed E-state index contributed by atoms with van der Waals surface area (Å²) in [6.45, 7) is 1.83. The van der Waals surface area contributed by atoms with Gasteiger partial charge in [0.25, 0.3) is 0 Å². The van der Waals surface area contributed by atoms with Gasteiger partial charge in [-0.3, -0.25) is 0 Å². The Labute approximate surface area is 94.4 Å². The lowest BCUT2D eigenvalue weighted by atomic mass is 9.91. The predicted molar refractivity (Wildman–Crippen MR) is 59.9 cm³/mol. The molecule has 1 aliphatic rings. The molecular formula is C10H17N3OS. The van der Waals surface area contributed by atoms with E-state index < -0.39 is 0 Å². The third-order valence-electron chi connectivity index (χ3n) is 2.99. The molecule has 2 rings (SSSR count). The Kier molecular flexibility index (Phi) is 4.05. The first-order chi connectivity index (χ1) is 7.40. The van der Waals surface area contributed by atoms with Crippen LogP contribution in [0.4, 0.5) is 0 Å². The Morgan fingerprint density at radius 3 is 3.00 bits per heavy atom. The number of aromatic nitrogens is 2. The molecule has 1 aromatic rings. The van der Waals surface area contributed by atoms with Gasteiger partial charge in [0, 0.05) is 13.2 Å². The lowest BCUT2D eigenvalue weighted by Gasteiger charge is -2.25. The van der Waals surface area contributed by atoms with Crippen LogP contribution in [0.1, 0.15) is 31.0 Å². The summed E-state index contributed by atoms with van der Waals surface area (Å²) < 4.78 is 13.7. The van der Waals surface area contributed by atoms with Crippen LogP contribution in [-0.2, 0) is 4.74 Å². The maximum Gasteiger partial charge on any atom is 0.0912 e. The van der Waals surface area contributed by atoms with E-state index >= 15 is 0 Å². The van der Waals surface area contributed by atoms with E-state index in [-0.39, 0.29) is 0 Å². The standard InChI is InChI=1S/C10H17N3OS/c1-11-9(10-7-12-15-13-10)6-8-2-4-14-5-3-8/h7-9,11H,2-6H2,1H3. The number of hydrogen-bond donors (Lipinski definition) is 1. The van der Waals surface area contributed by atoms with E-state index in [0.717, 1.165) is 31.2 Å². The smallest absolute Gasteiger partial charge is 0.0912 e. The van der Waals surface area contributed by atoms with Crippen molar-refractivity contribution >= 4 is 11.7 Å². The highest BCUT2D eigenvalue weighted by Gasteiger charge is 2.20. The SMILES string of the molecule is CNC(CC1CCOCC1)c1cnsn1. The van der Waals surface area contributed by atoms with E-state index in [1.807, 2.05) is 13.2 Å². The molecule has 0 aliphatic carbocycles. The van der Waals surface area contributed by atoms with Crippen molar-refractivity contribution in [2.75, 3.05) is 20.3 Å². The maximum absolute atomic E-state index is 5.36. The van der Waals surface area contributed by atoms with Gasteiger partial charge in [-0.05, 0) is 32.2 Å². The lowest BCUT2D eigenvalue weighted by Crippen LogP contribution is -2.24. The highest BCUT2D eigenvalue weighted by Crippen LogP contribution is 2.26. The minimum Gasteiger partial charge on any atom is -0.381 e. The fourth-order valence-electron chi connectivity index (χ4n) is 2.03. The van der Waals surface area contributed by atoms with Gasteiger partial charge >= 0.3 is 0 Å². The first kappa shape index (κ1) is 11.0. The van der Waals surface area contributed by atoms with E-state index in [9.17, 15) is 0 Å². The van der Waals surface area contributed by atoms with Crippen LogP contribution in [-0.4, -0.2) is 29.0 Å². The Balaban J connectivity index is 1.90. The Hall–Kier alpha value is -0.520. The molecule has 0 saturated carbocycles. The molecule has 1 aromatic heterocycles. The molecule has 0 radical (unpaired) electrons. The van der Waals surface area contributed by atoms with Crippen LogP contribution >= 0.6 is 11.7 Å². The van der Waals surface area contributed by atoms with Crippen LogP contribution in [0.2, 0.25) is 0 Å². The molecule has 84 valence electrons. The highest BCUT2D eigenvalue weighted by atomic mass is 32.1. The molecule has 15 heavy (non-hydrogen) atoms. The van der Waals surface area contributed by atoms with Crippen molar-refractivity contribution in [3.05, 3.63) is 11.9 Å². The second kappa shape index (κ2) is 5.53. The van der Waals surface area contributed by atoms with Gasteiger partial charge in [-0.2, -0.15) is 8.75 Å². The number of hydrogen-bond acceptors (Lipinski definition) is 5. The van der Waals surface area contributed by atoms with E-state index in [1.54, 1.807) is 0 Å². The fourth-order valence-corrected chi connectivity index (χ4v) is 2.50. The second-order valence-corrected chi connectivity index (χ2v) is 4.52. The van der Waals surface area contributed by atoms with Crippen LogP contribution in [0.3, 0.4) is 0 Å². The van der Waals surface area contributed by atoms with Gasteiger partial charge < -0.3 is 10.1 Å². The normalized spacial score (nSPS) is 20.3. The van der Waals surface area contributed by atoms with Crippen LogP contribution in [0.15, 0.2) is 6.20 Å². The quantitative estimate of drug-likeness (QED) is 0.849. The van der Waals surface area contributed by atoms with Crippen LogP contribution in [0.5, 0.6) is 0 Å². The molecule has 1 saturated heterocycles. The van der Waals surface area contributed by atoms with E-state index in [0.29, 0.717) is 6.04 Å². The molecule has 0 aromatic carbocycles. The Morgan fingerprint density at radius 2 is 2.40 bits per heavy atom. The zero-order valence-corrected chi connectivity index (χ0v) is 9.80. The molecule has 1 fully saturated rings. The van der Waals surface area contributed by atoms with Crippen LogP contribution in [0, 0.1) is 5.92 Å². The monoisotopic (exact) mass is 227 g/mol. The van der Waals surface area contributed by atoms with Gasteiger partial charge in [0.15, 0.2) is 0 Å². The molecule has 1 atom stereocenters. The minimum absolute atomic E-state index is 0.354. The molecular weight excluding hydrogens is 210 g/mol. The van der Waals surface area contributed by atoms with E-state index in [1.165, 1.54) is 24.6 Å². The molecule has 0 spiro atoms. The summed E-state index contributed by atoms with van der Waals surface area (Å²) in [5, 5.41) is 3.32. The van der Waals surface area contributed by atoms with Crippen molar-refractivity contribution in [2.24, 2.45) is 5.92 Å². The summed E-state index contributed by atoms with van der Waals surface area (Å²) in [4.78, 5) is 0. The van der Waals surface area contributed by atoms with Gasteiger partial charge in [-0.1, -0.05) is 0 Å². The van der Waals surface area contributed by atoms with Crippen molar-refractivity contribution in [2.45, 2.75) is 25.3 Å². The molecule has 4 nitrogen and oxygen atoms in total. The van der Waals surface area contributed by atoms with E-state index in [4.69, 9.17) is 4.74 Å². The topological polar surface area (TPSA) is 47.0 Å². The van der Waals surface area contributed by atoms with Crippen LogP contribution < -0.4 is 5.32 Å². The van der Waals surface area contributed by atoms with Crippen molar-refractivity contribution in [3.63, 3.8) is 0 Å². The third kappa shape index (κ3) is 2.96. The first-order valence-corrected chi connectivity index (χ1v) is 6.15. The summed E-state index contributed by atoms with van der Waals surface area (Å²) >= 11 is 1.28. The van der Waals surface area contributed by atoms with Crippen molar-refractivity contribution in [3.8, 4) is 0 Å². The van der Waals surface area contributed by atoms with Crippen LogP contribution in [0.25, 0.3) is 0 Å². The Morgan fingerprint density at radius 1 is 1.60 bits per heavy atom. The van der Waals surface area contributed by atoms with Crippen molar-refractivity contribution < 1.29 is 4.74 Å². The number of rotatable bonds is 4. The summed E-state index contributed by atoms with van der Waals surface area (Å²) in [6.07, 6.45) is 5.36. The van der Waals surface area contributed by atoms with Gasteiger partial charge in [-0.25, -0.2) is 0 Å². The molecule has 1 N–H and O–H groups in total. The lowest BCUT2D eigenvalue weighted by molar-refractivity contribution is 0.0607. The fraction of sp³-hybridized carbons (Fsp3) is 0.800. The zero-order valence-electron chi connectivity index (χ0n) is 8.98. The maximum atomic E-state index is 5.36. The minimum atomic E-state index is 0.354. The van der Waals surface area contributed by atoms with E-state index in [2.05, 4.69) is 14.1 Å².